The topological polar surface area (TPSA) is 118 Å². The highest BCUT2D eigenvalue weighted by atomic mass is 35.5. The van der Waals surface area contributed by atoms with E-state index in [-0.39, 0.29) is 17.6 Å². The van der Waals surface area contributed by atoms with Gasteiger partial charge in [0.1, 0.15) is 17.8 Å². The van der Waals surface area contributed by atoms with Gasteiger partial charge in [-0.05, 0) is 49.7 Å². The predicted octanol–water partition coefficient (Wildman–Crippen LogP) is 5.85. The number of carbonyl (C=O) groups excluding carboxylic acids is 2. The molecular weight excluding hydrogens is 525 g/mol. The number of benzene rings is 2. The minimum absolute atomic E-state index is 0.216. The molecule has 1 aliphatic heterocycles. The summed E-state index contributed by atoms with van der Waals surface area (Å²) in [6.07, 6.45) is 5.20. The number of anilines is 3. The number of likely N-dealkylation sites (tertiary alicyclic amines) is 1. The fourth-order valence-corrected chi connectivity index (χ4v) is 5.41. The Hall–Kier alpha value is -3.66. The van der Waals surface area contributed by atoms with E-state index in [1.807, 2.05) is 6.20 Å². The number of piperidine rings is 1. The molecule has 0 atom stereocenters. The van der Waals surface area contributed by atoms with Crippen LogP contribution in [0.5, 0.6) is 0 Å². The summed E-state index contributed by atoms with van der Waals surface area (Å²) in [5, 5.41) is 6.78. The summed E-state index contributed by atoms with van der Waals surface area (Å²) >= 11 is 12.0. The van der Waals surface area contributed by atoms with Gasteiger partial charge in [-0.1, -0.05) is 42.3 Å². The maximum absolute atomic E-state index is 13.7. The molecule has 2 aromatic heterocycles. The first-order valence-corrected chi connectivity index (χ1v) is 13.1. The van der Waals surface area contributed by atoms with Crippen LogP contribution in [0.25, 0.3) is 11.0 Å². The number of nitrogen functional groups attached to an aromatic ring is 1. The number of hydrogen-bond acceptors (Lipinski definition) is 6. The maximum Gasteiger partial charge on any atom is 0.323 e. The molecular formula is C27H27Cl2N7O2. The van der Waals surface area contributed by atoms with Crippen LogP contribution in [-0.2, 0) is 0 Å². The highest BCUT2D eigenvalue weighted by molar-refractivity contribution is 6.35. The largest absolute Gasteiger partial charge is 0.383 e. The Morgan fingerprint density at radius 2 is 1.74 bits per heavy atom. The lowest BCUT2D eigenvalue weighted by molar-refractivity contribution is 0.103. The number of amides is 2. The van der Waals surface area contributed by atoms with Crippen molar-refractivity contribution in [2.45, 2.75) is 25.8 Å². The van der Waals surface area contributed by atoms with E-state index in [0.717, 1.165) is 32.5 Å². The summed E-state index contributed by atoms with van der Waals surface area (Å²) in [5.41, 5.74) is 8.62. The van der Waals surface area contributed by atoms with E-state index in [1.165, 1.54) is 6.33 Å². The SMILES string of the molecule is CCN1CCC(n2cc(C(=O)c3cccc(NC(=O)Nc4cc(Cl)cc(Cl)c4)c3)c3c(N)ncnc32)CC1. The fraction of sp³-hybridized carbons (Fsp3) is 0.259. The minimum atomic E-state index is -0.499. The van der Waals surface area contributed by atoms with Crippen molar-refractivity contribution in [3.05, 3.63) is 76.2 Å². The molecule has 0 bridgehead atoms. The van der Waals surface area contributed by atoms with Crippen LogP contribution >= 0.6 is 23.2 Å². The number of fused-ring (bicyclic) bond motifs is 1. The maximum atomic E-state index is 13.7. The van der Waals surface area contributed by atoms with E-state index in [0.29, 0.717) is 43.6 Å². The molecule has 11 heteroatoms. The van der Waals surface area contributed by atoms with E-state index in [2.05, 4.69) is 37.0 Å². The van der Waals surface area contributed by atoms with Crippen molar-refractivity contribution >= 4 is 63.2 Å². The van der Waals surface area contributed by atoms with Crippen LogP contribution in [0.3, 0.4) is 0 Å². The Bertz CT molecular complexity index is 1490. The number of nitrogens with zero attached hydrogens (tertiary/aromatic N) is 4. The van der Waals surface area contributed by atoms with Gasteiger partial charge >= 0.3 is 6.03 Å². The molecule has 1 fully saturated rings. The predicted molar refractivity (Wildman–Crippen MR) is 151 cm³/mol. The monoisotopic (exact) mass is 551 g/mol. The van der Waals surface area contributed by atoms with Crippen molar-refractivity contribution in [2.75, 3.05) is 36.0 Å². The zero-order valence-corrected chi connectivity index (χ0v) is 22.3. The quantitative estimate of drug-likeness (QED) is 0.258. The number of halogens is 2. The van der Waals surface area contributed by atoms with Crippen LogP contribution in [0.2, 0.25) is 10.0 Å². The van der Waals surface area contributed by atoms with Gasteiger partial charge in [-0.15, -0.1) is 0 Å². The Kier molecular flexibility index (Phi) is 7.51. The standard InChI is InChI=1S/C27H27Cl2N7O2/c1-2-35-8-6-21(7-9-35)36-14-22(23-25(30)31-15-32-26(23)36)24(37)16-4-3-5-19(10-16)33-27(38)34-20-12-17(28)11-18(29)13-20/h3-5,10-15,21H,2,6-9H2,1H3,(H2,30,31,32)(H2,33,34,38). The lowest BCUT2D eigenvalue weighted by Crippen LogP contribution is -2.34. The van der Waals surface area contributed by atoms with Gasteiger partial charge in [-0.25, -0.2) is 14.8 Å². The molecule has 38 heavy (non-hydrogen) atoms. The lowest BCUT2D eigenvalue weighted by Gasteiger charge is -2.32. The van der Waals surface area contributed by atoms with Gasteiger partial charge in [0.05, 0.1) is 10.9 Å². The second-order valence-electron chi connectivity index (χ2n) is 9.22. The first kappa shape index (κ1) is 26.0. The first-order valence-electron chi connectivity index (χ1n) is 12.3. The smallest absolute Gasteiger partial charge is 0.323 e. The van der Waals surface area contributed by atoms with Crippen LogP contribution in [-0.4, -0.2) is 50.9 Å². The number of hydrogen-bond donors (Lipinski definition) is 3. The average Bonchev–Trinajstić information content (AvgIpc) is 3.29. The number of ketones is 1. The molecule has 1 aliphatic rings. The molecule has 2 aromatic carbocycles. The number of urea groups is 1. The molecule has 0 unspecified atom stereocenters. The second-order valence-corrected chi connectivity index (χ2v) is 10.1. The molecule has 0 spiro atoms. The molecule has 2 amide bonds. The van der Waals surface area contributed by atoms with Crippen molar-refractivity contribution in [2.24, 2.45) is 0 Å². The average molecular weight is 552 g/mol. The summed E-state index contributed by atoms with van der Waals surface area (Å²) in [7, 11) is 0. The van der Waals surface area contributed by atoms with Crippen LogP contribution in [0, 0.1) is 0 Å². The van der Waals surface area contributed by atoms with E-state index in [4.69, 9.17) is 28.9 Å². The van der Waals surface area contributed by atoms with Gasteiger partial charge < -0.3 is 25.8 Å². The zero-order chi connectivity index (χ0) is 26.8. The summed E-state index contributed by atoms with van der Waals surface area (Å²) in [4.78, 5) is 37.3. The molecule has 0 radical (unpaired) electrons. The highest BCUT2D eigenvalue weighted by Gasteiger charge is 2.26. The van der Waals surface area contributed by atoms with E-state index < -0.39 is 6.03 Å². The van der Waals surface area contributed by atoms with Gasteiger partial charge in [-0.2, -0.15) is 0 Å². The third-order valence-corrected chi connectivity index (χ3v) is 7.22. The summed E-state index contributed by atoms with van der Waals surface area (Å²) in [5.74, 6) is 0.0314. The number of carbonyl (C=O) groups is 2. The molecule has 0 saturated carbocycles. The third-order valence-electron chi connectivity index (χ3n) is 6.78. The van der Waals surface area contributed by atoms with Crippen molar-refractivity contribution in [3.63, 3.8) is 0 Å². The van der Waals surface area contributed by atoms with Crippen molar-refractivity contribution in [3.8, 4) is 0 Å². The molecule has 1 saturated heterocycles. The first-order chi connectivity index (χ1) is 18.3. The lowest BCUT2D eigenvalue weighted by atomic mass is 10.0. The molecule has 4 N–H and O–H groups in total. The van der Waals surface area contributed by atoms with Crippen LogP contribution in [0.1, 0.15) is 41.7 Å². The van der Waals surface area contributed by atoms with Crippen LogP contribution in [0.15, 0.2) is 55.0 Å². The highest BCUT2D eigenvalue weighted by Crippen LogP contribution is 2.32. The van der Waals surface area contributed by atoms with Gasteiger partial charge in [0.15, 0.2) is 5.78 Å². The molecule has 9 nitrogen and oxygen atoms in total. The fourth-order valence-electron chi connectivity index (χ4n) is 4.89. The molecule has 0 aliphatic carbocycles. The zero-order valence-electron chi connectivity index (χ0n) is 20.7. The molecule has 196 valence electrons. The van der Waals surface area contributed by atoms with E-state index in [1.54, 1.807) is 42.5 Å². The summed E-state index contributed by atoms with van der Waals surface area (Å²) in [6.45, 7) is 5.16. The molecule has 3 heterocycles. The van der Waals surface area contributed by atoms with Gasteiger partial charge in [0.25, 0.3) is 0 Å². The van der Waals surface area contributed by atoms with Gasteiger partial charge in [0.2, 0.25) is 0 Å². The molecule has 5 rings (SSSR count). The summed E-state index contributed by atoms with van der Waals surface area (Å²) in [6, 6.07) is 11.2. The third kappa shape index (κ3) is 5.45. The second kappa shape index (κ2) is 11.0. The van der Waals surface area contributed by atoms with Gasteiger partial charge in [-0.3, -0.25) is 4.79 Å². The van der Waals surface area contributed by atoms with Gasteiger partial charge in [0, 0.05) is 52.3 Å². The van der Waals surface area contributed by atoms with Crippen LogP contribution < -0.4 is 16.4 Å². The molecule has 4 aromatic rings. The minimum Gasteiger partial charge on any atom is -0.383 e. The number of rotatable bonds is 6. The Morgan fingerprint density at radius 1 is 1.03 bits per heavy atom. The Labute approximate surface area is 229 Å². The summed E-state index contributed by atoms with van der Waals surface area (Å²) < 4.78 is 2.07. The number of nitrogens with two attached hydrogens (primary N) is 1. The number of aromatic nitrogens is 3. The number of nitrogens with one attached hydrogen (secondary N) is 2. The Balaban J connectivity index is 1.40. The van der Waals surface area contributed by atoms with Crippen molar-refractivity contribution in [1.82, 2.24) is 19.4 Å². The van der Waals surface area contributed by atoms with Crippen molar-refractivity contribution < 1.29 is 9.59 Å². The van der Waals surface area contributed by atoms with E-state index in [9.17, 15) is 9.59 Å². The van der Waals surface area contributed by atoms with Crippen LogP contribution in [0.4, 0.5) is 22.0 Å². The van der Waals surface area contributed by atoms with Crippen molar-refractivity contribution in [1.29, 1.82) is 0 Å². The van der Waals surface area contributed by atoms with E-state index >= 15 is 0 Å². The normalized spacial score (nSPS) is 14.5. The Morgan fingerprint density at radius 3 is 2.45 bits per heavy atom.